The predicted molar refractivity (Wildman–Crippen MR) is 47.3 cm³/mol. The first-order valence-electron chi connectivity index (χ1n) is 4.36. The maximum Gasteiger partial charge on any atom is 0.0863 e. The molecule has 0 bridgehead atoms. The Morgan fingerprint density at radius 3 is 2.55 bits per heavy atom. The molecular formula is C9H18N2. The molecule has 0 saturated carbocycles. The highest BCUT2D eigenvalue weighted by molar-refractivity contribution is 4.73. The topological polar surface area (TPSA) is 27.0 Å². The number of rotatable bonds is 6. The van der Waals surface area contributed by atoms with Crippen LogP contribution in [-0.4, -0.2) is 25.0 Å². The van der Waals surface area contributed by atoms with Crippen molar-refractivity contribution in [3.8, 4) is 6.07 Å². The van der Waals surface area contributed by atoms with Crippen LogP contribution in [0.25, 0.3) is 0 Å². The van der Waals surface area contributed by atoms with Crippen molar-refractivity contribution in [3.05, 3.63) is 0 Å². The van der Waals surface area contributed by atoms with Crippen molar-refractivity contribution in [3.63, 3.8) is 0 Å². The maximum absolute atomic E-state index is 8.35. The lowest BCUT2D eigenvalue weighted by molar-refractivity contribution is 0.361. The van der Waals surface area contributed by atoms with E-state index in [1.807, 2.05) is 7.05 Å². The van der Waals surface area contributed by atoms with Gasteiger partial charge in [-0.15, -0.1) is 0 Å². The summed E-state index contributed by atoms with van der Waals surface area (Å²) in [7, 11) is 2.00. The zero-order valence-electron chi connectivity index (χ0n) is 7.64. The second-order valence-electron chi connectivity index (χ2n) is 2.96. The summed E-state index contributed by atoms with van der Waals surface area (Å²) >= 11 is 0. The van der Waals surface area contributed by atoms with E-state index in [1.54, 1.807) is 0 Å². The number of hydrogen-bond donors (Lipinski definition) is 0. The van der Waals surface area contributed by atoms with Crippen LogP contribution in [0.5, 0.6) is 0 Å². The van der Waals surface area contributed by atoms with E-state index >= 15 is 0 Å². The molecule has 0 unspecified atom stereocenters. The third-order valence-electron chi connectivity index (χ3n) is 1.73. The molecule has 0 aliphatic heterocycles. The first kappa shape index (κ1) is 10.4. The number of nitrogens with zero attached hydrogens (tertiary/aromatic N) is 2. The van der Waals surface area contributed by atoms with E-state index in [0.29, 0.717) is 6.54 Å². The molecule has 0 aromatic carbocycles. The van der Waals surface area contributed by atoms with Crippen molar-refractivity contribution in [2.75, 3.05) is 20.1 Å². The lowest BCUT2D eigenvalue weighted by Crippen LogP contribution is -2.19. The molecule has 0 rings (SSSR count). The Bertz CT molecular complexity index is 115. The van der Waals surface area contributed by atoms with E-state index in [1.165, 1.54) is 25.7 Å². The van der Waals surface area contributed by atoms with E-state index in [2.05, 4.69) is 17.9 Å². The molecule has 0 radical (unpaired) electrons. The highest BCUT2D eigenvalue weighted by Gasteiger charge is 1.94. The van der Waals surface area contributed by atoms with Gasteiger partial charge in [0.2, 0.25) is 0 Å². The molecule has 0 fully saturated rings. The van der Waals surface area contributed by atoms with Gasteiger partial charge >= 0.3 is 0 Å². The first-order chi connectivity index (χ1) is 5.31. The Labute approximate surface area is 69.8 Å². The van der Waals surface area contributed by atoms with Crippen LogP contribution in [0.15, 0.2) is 0 Å². The van der Waals surface area contributed by atoms with Gasteiger partial charge in [-0.05, 0) is 20.0 Å². The maximum atomic E-state index is 8.35. The van der Waals surface area contributed by atoms with E-state index in [4.69, 9.17) is 5.26 Å². The van der Waals surface area contributed by atoms with E-state index in [-0.39, 0.29) is 0 Å². The monoisotopic (exact) mass is 154 g/mol. The number of unbranched alkanes of at least 4 members (excludes halogenated alkanes) is 3. The van der Waals surface area contributed by atoms with Gasteiger partial charge in [-0.2, -0.15) is 5.26 Å². The average molecular weight is 154 g/mol. The van der Waals surface area contributed by atoms with E-state index in [9.17, 15) is 0 Å². The van der Waals surface area contributed by atoms with E-state index in [0.717, 1.165) is 6.54 Å². The molecule has 2 heteroatoms. The fourth-order valence-electron chi connectivity index (χ4n) is 1.01. The minimum Gasteiger partial charge on any atom is -0.294 e. The summed E-state index contributed by atoms with van der Waals surface area (Å²) in [5, 5.41) is 8.35. The van der Waals surface area contributed by atoms with Crippen molar-refractivity contribution >= 4 is 0 Å². The van der Waals surface area contributed by atoms with Crippen LogP contribution in [0.1, 0.15) is 32.6 Å². The molecule has 0 aliphatic rings. The van der Waals surface area contributed by atoms with Crippen LogP contribution in [-0.2, 0) is 0 Å². The minimum absolute atomic E-state index is 0.562. The minimum atomic E-state index is 0.562. The molecule has 0 amide bonds. The van der Waals surface area contributed by atoms with Gasteiger partial charge in [0.1, 0.15) is 0 Å². The summed E-state index contributed by atoms with van der Waals surface area (Å²) in [6.45, 7) is 3.83. The van der Waals surface area contributed by atoms with Crippen LogP contribution < -0.4 is 0 Å². The number of hydrogen-bond acceptors (Lipinski definition) is 2. The first-order valence-corrected chi connectivity index (χ1v) is 4.36. The molecule has 11 heavy (non-hydrogen) atoms. The van der Waals surface area contributed by atoms with Gasteiger partial charge in [0.15, 0.2) is 0 Å². The van der Waals surface area contributed by atoms with Crippen molar-refractivity contribution < 1.29 is 0 Å². The Kier molecular flexibility index (Phi) is 7.18. The van der Waals surface area contributed by atoms with Gasteiger partial charge < -0.3 is 0 Å². The second-order valence-corrected chi connectivity index (χ2v) is 2.96. The van der Waals surface area contributed by atoms with Gasteiger partial charge in [0, 0.05) is 0 Å². The quantitative estimate of drug-likeness (QED) is 0.432. The van der Waals surface area contributed by atoms with E-state index < -0.39 is 0 Å². The Morgan fingerprint density at radius 2 is 2.00 bits per heavy atom. The fourth-order valence-corrected chi connectivity index (χ4v) is 1.01. The van der Waals surface area contributed by atoms with Crippen molar-refractivity contribution in [1.29, 1.82) is 5.26 Å². The third kappa shape index (κ3) is 7.35. The largest absolute Gasteiger partial charge is 0.294 e. The Hall–Kier alpha value is -0.550. The van der Waals surface area contributed by atoms with Gasteiger partial charge in [-0.1, -0.05) is 26.2 Å². The lowest BCUT2D eigenvalue weighted by atomic mass is 10.2. The Morgan fingerprint density at radius 1 is 1.27 bits per heavy atom. The molecular weight excluding hydrogens is 136 g/mol. The van der Waals surface area contributed by atoms with Gasteiger partial charge in [0.25, 0.3) is 0 Å². The fraction of sp³-hybridized carbons (Fsp3) is 0.889. The molecule has 0 heterocycles. The van der Waals surface area contributed by atoms with Gasteiger partial charge in [-0.25, -0.2) is 0 Å². The lowest BCUT2D eigenvalue weighted by Gasteiger charge is -2.10. The van der Waals surface area contributed by atoms with Crippen molar-refractivity contribution in [1.82, 2.24) is 4.90 Å². The summed E-state index contributed by atoms with van der Waals surface area (Å²) in [5.41, 5.74) is 0. The van der Waals surface area contributed by atoms with Crippen molar-refractivity contribution in [2.24, 2.45) is 0 Å². The summed E-state index contributed by atoms with van der Waals surface area (Å²) in [5.74, 6) is 0. The predicted octanol–water partition coefficient (Wildman–Crippen LogP) is 2.02. The zero-order chi connectivity index (χ0) is 8.53. The number of nitriles is 1. The van der Waals surface area contributed by atoms with Crippen molar-refractivity contribution in [2.45, 2.75) is 32.6 Å². The standard InChI is InChI=1S/C9H18N2/c1-3-4-5-6-8-11(2)9-7-10/h3-6,8-9H2,1-2H3. The molecule has 0 spiro atoms. The molecule has 0 aliphatic carbocycles. The van der Waals surface area contributed by atoms with Crippen LogP contribution >= 0.6 is 0 Å². The molecule has 0 N–H and O–H groups in total. The average Bonchev–Trinajstić information content (AvgIpc) is 1.99. The molecule has 0 atom stereocenters. The van der Waals surface area contributed by atoms with Gasteiger partial charge in [-0.3, -0.25) is 4.90 Å². The van der Waals surface area contributed by atoms with Crippen LogP contribution in [0.3, 0.4) is 0 Å². The molecule has 0 aromatic rings. The second kappa shape index (κ2) is 7.56. The Balaban J connectivity index is 3.05. The summed E-state index contributed by atoms with van der Waals surface area (Å²) in [6, 6.07) is 2.13. The smallest absolute Gasteiger partial charge is 0.0863 e. The summed E-state index contributed by atoms with van der Waals surface area (Å²) < 4.78 is 0. The summed E-state index contributed by atoms with van der Waals surface area (Å²) in [4.78, 5) is 2.07. The normalized spacial score (nSPS) is 10.0. The summed E-state index contributed by atoms with van der Waals surface area (Å²) in [6.07, 6.45) is 5.13. The molecule has 0 saturated heterocycles. The highest BCUT2D eigenvalue weighted by atomic mass is 15.1. The van der Waals surface area contributed by atoms with Crippen LogP contribution in [0, 0.1) is 11.3 Å². The zero-order valence-corrected chi connectivity index (χ0v) is 7.64. The van der Waals surface area contributed by atoms with Crippen LogP contribution in [0.4, 0.5) is 0 Å². The highest BCUT2D eigenvalue weighted by Crippen LogP contribution is 1.99. The SMILES string of the molecule is CCCCCCN(C)CC#N. The third-order valence-corrected chi connectivity index (χ3v) is 1.73. The molecule has 64 valence electrons. The molecule has 2 nitrogen and oxygen atoms in total. The molecule has 0 aromatic heterocycles. The van der Waals surface area contributed by atoms with Crippen LogP contribution in [0.2, 0.25) is 0 Å². The van der Waals surface area contributed by atoms with Gasteiger partial charge in [0.05, 0.1) is 12.6 Å².